The molecule has 0 unspecified atom stereocenters. The number of hydrogen-bond acceptors (Lipinski definition) is 6. The van der Waals surface area contributed by atoms with E-state index in [0.717, 1.165) is 27.6 Å². The molecule has 0 amide bonds. The zero-order valence-corrected chi connectivity index (χ0v) is 15.7. The maximum atomic E-state index is 12.3. The molecule has 0 aliphatic carbocycles. The molecule has 0 fully saturated rings. The van der Waals surface area contributed by atoms with Gasteiger partial charge in [-0.2, -0.15) is 0 Å². The Hall–Kier alpha value is -3.10. The van der Waals surface area contributed by atoms with Gasteiger partial charge in [0.25, 0.3) is 0 Å². The number of thiazole rings is 1. The van der Waals surface area contributed by atoms with E-state index in [1.54, 1.807) is 34.9 Å². The van der Waals surface area contributed by atoms with Gasteiger partial charge < -0.3 is 14.3 Å². The molecular weight excluding hydrogens is 406 g/mol. The van der Waals surface area contributed by atoms with Crippen molar-refractivity contribution in [2.75, 3.05) is 6.61 Å². The molecule has 4 aromatic rings. The van der Waals surface area contributed by atoms with Gasteiger partial charge in [-0.3, -0.25) is 14.2 Å². The molecule has 0 atom stereocenters. The fourth-order valence-electron chi connectivity index (χ4n) is 2.90. The summed E-state index contributed by atoms with van der Waals surface area (Å²) in [4.78, 5) is 35.4. The van der Waals surface area contributed by atoms with E-state index in [-0.39, 0.29) is 34.7 Å². The summed E-state index contributed by atoms with van der Waals surface area (Å²) in [5.41, 5.74) is 0.321. The molecule has 2 aromatic carbocycles. The summed E-state index contributed by atoms with van der Waals surface area (Å²) in [5.74, 6) is -1.51. The molecule has 0 saturated heterocycles. The van der Waals surface area contributed by atoms with Gasteiger partial charge in [0.05, 0.1) is 16.8 Å². The van der Waals surface area contributed by atoms with Crippen LogP contribution in [0.3, 0.4) is 0 Å². The fraction of sp³-hybridized carbons (Fsp3) is 0.105. The Bertz CT molecular complexity index is 1340. The lowest BCUT2D eigenvalue weighted by Gasteiger charge is -2.09. The summed E-state index contributed by atoms with van der Waals surface area (Å²) >= 11 is 7.13. The highest BCUT2D eigenvalue weighted by atomic mass is 35.5. The highest BCUT2D eigenvalue weighted by Crippen LogP contribution is 2.24. The van der Waals surface area contributed by atoms with Crippen molar-refractivity contribution in [3.8, 4) is 5.75 Å². The van der Waals surface area contributed by atoms with E-state index in [1.807, 2.05) is 0 Å². The van der Waals surface area contributed by atoms with Gasteiger partial charge in [-0.05, 0) is 30.3 Å². The SMILES string of the molecule is O=C(O)c1cc(=O)c2c(OCCn3c(=O)sc4ccc(Cl)cc43)cccc2o1. The summed E-state index contributed by atoms with van der Waals surface area (Å²) in [6.07, 6.45) is 0. The number of ether oxygens (including phenoxy) is 1. The van der Waals surface area contributed by atoms with Crippen LogP contribution in [0.4, 0.5) is 0 Å². The molecule has 0 bridgehead atoms. The molecule has 2 heterocycles. The molecule has 7 nitrogen and oxygen atoms in total. The Labute approximate surface area is 166 Å². The number of fused-ring (bicyclic) bond motifs is 2. The van der Waals surface area contributed by atoms with E-state index in [9.17, 15) is 14.4 Å². The van der Waals surface area contributed by atoms with E-state index < -0.39 is 17.2 Å². The van der Waals surface area contributed by atoms with E-state index in [4.69, 9.17) is 25.9 Å². The van der Waals surface area contributed by atoms with E-state index in [0.29, 0.717) is 5.02 Å². The predicted molar refractivity (Wildman–Crippen MR) is 106 cm³/mol. The van der Waals surface area contributed by atoms with Gasteiger partial charge in [-0.25, -0.2) is 4.79 Å². The molecule has 142 valence electrons. The smallest absolute Gasteiger partial charge is 0.371 e. The fourth-order valence-corrected chi connectivity index (χ4v) is 3.96. The Kier molecular flexibility index (Phi) is 4.66. The summed E-state index contributed by atoms with van der Waals surface area (Å²) in [7, 11) is 0. The highest BCUT2D eigenvalue weighted by molar-refractivity contribution is 7.16. The lowest BCUT2D eigenvalue weighted by molar-refractivity contribution is 0.0663. The third kappa shape index (κ3) is 3.28. The lowest BCUT2D eigenvalue weighted by atomic mass is 10.2. The monoisotopic (exact) mass is 417 g/mol. The van der Waals surface area contributed by atoms with E-state index >= 15 is 0 Å². The largest absolute Gasteiger partial charge is 0.491 e. The third-order valence-electron chi connectivity index (χ3n) is 4.13. The number of benzene rings is 2. The third-order valence-corrected chi connectivity index (χ3v) is 5.32. The van der Waals surface area contributed by atoms with Crippen molar-refractivity contribution in [3.05, 3.63) is 73.1 Å². The van der Waals surface area contributed by atoms with Gasteiger partial charge in [0.2, 0.25) is 5.76 Å². The quantitative estimate of drug-likeness (QED) is 0.532. The second kappa shape index (κ2) is 7.14. The first-order valence-corrected chi connectivity index (χ1v) is 9.35. The number of nitrogens with zero attached hydrogens (tertiary/aromatic N) is 1. The first kappa shape index (κ1) is 18.3. The number of carboxylic acid groups (broad SMARTS) is 1. The van der Waals surface area contributed by atoms with Crippen molar-refractivity contribution in [1.82, 2.24) is 4.57 Å². The van der Waals surface area contributed by atoms with Gasteiger partial charge >= 0.3 is 10.8 Å². The Morgan fingerprint density at radius 1 is 1.21 bits per heavy atom. The van der Waals surface area contributed by atoms with Crippen molar-refractivity contribution in [2.45, 2.75) is 6.54 Å². The van der Waals surface area contributed by atoms with Crippen molar-refractivity contribution < 1.29 is 19.1 Å². The van der Waals surface area contributed by atoms with Crippen molar-refractivity contribution in [3.63, 3.8) is 0 Å². The minimum absolute atomic E-state index is 0.118. The number of halogens is 1. The van der Waals surface area contributed by atoms with Crippen molar-refractivity contribution in [1.29, 1.82) is 0 Å². The molecule has 0 saturated carbocycles. The average Bonchev–Trinajstić information content (AvgIpc) is 2.96. The van der Waals surface area contributed by atoms with Gasteiger partial charge in [0.15, 0.2) is 5.43 Å². The molecule has 28 heavy (non-hydrogen) atoms. The Morgan fingerprint density at radius 2 is 2.04 bits per heavy atom. The van der Waals surface area contributed by atoms with Crippen LogP contribution in [0.2, 0.25) is 5.02 Å². The van der Waals surface area contributed by atoms with Crippen LogP contribution in [0.1, 0.15) is 10.6 Å². The first-order chi connectivity index (χ1) is 13.4. The zero-order chi connectivity index (χ0) is 19.8. The lowest BCUT2D eigenvalue weighted by Crippen LogP contribution is -2.18. The maximum absolute atomic E-state index is 12.3. The van der Waals surface area contributed by atoms with Crippen LogP contribution >= 0.6 is 22.9 Å². The van der Waals surface area contributed by atoms with Crippen LogP contribution in [0.15, 0.2) is 56.5 Å². The summed E-state index contributed by atoms with van der Waals surface area (Å²) in [6.45, 7) is 0.381. The standard InChI is InChI=1S/C19H12ClNO6S/c20-10-4-5-16-11(8-10)21(19(25)28-16)6-7-26-13-2-1-3-14-17(13)12(22)9-15(27-14)18(23)24/h1-5,8-9H,6-7H2,(H,23,24). The molecule has 4 rings (SSSR count). The van der Waals surface area contributed by atoms with Crippen LogP contribution in [0.5, 0.6) is 5.75 Å². The molecule has 0 radical (unpaired) electrons. The van der Waals surface area contributed by atoms with E-state index in [2.05, 4.69) is 0 Å². The van der Waals surface area contributed by atoms with Gasteiger partial charge in [0, 0.05) is 11.1 Å². The molecular formula is C19H12ClNO6S. The summed E-state index contributed by atoms with van der Waals surface area (Å²) in [6, 6.07) is 10.8. The minimum atomic E-state index is -1.33. The number of hydrogen-bond donors (Lipinski definition) is 1. The summed E-state index contributed by atoms with van der Waals surface area (Å²) < 4.78 is 13.3. The number of carboxylic acids is 1. The molecule has 2 aromatic heterocycles. The predicted octanol–water partition coefficient (Wildman–Crippen LogP) is 3.60. The topological polar surface area (TPSA) is 98.7 Å². The molecule has 1 N–H and O–H groups in total. The second-order valence-electron chi connectivity index (χ2n) is 5.89. The molecule has 9 heteroatoms. The zero-order valence-electron chi connectivity index (χ0n) is 14.2. The van der Waals surface area contributed by atoms with E-state index in [1.165, 1.54) is 6.07 Å². The van der Waals surface area contributed by atoms with Crippen molar-refractivity contribution in [2.24, 2.45) is 0 Å². The number of aromatic carboxylic acids is 1. The van der Waals surface area contributed by atoms with Crippen LogP contribution in [-0.4, -0.2) is 22.2 Å². The Morgan fingerprint density at radius 3 is 2.82 bits per heavy atom. The molecule has 0 aliphatic heterocycles. The van der Waals surface area contributed by atoms with Crippen LogP contribution in [0, 0.1) is 0 Å². The van der Waals surface area contributed by atoms with Gasteiger partial charge in [-0.1, -0.05) is 29.0 Å². The highest BCUT2D eigenvalue weighted by Gasteiger charge is 2.14. The normalized spacial score (nSPS) is 11.2. The first-order valence-electron chi connectivity index (χ1n) is 8.16. The van der Waals surface area contributed by atoms with Gasteiger partial charge in [0.1, 0.15) is 23.3 Å². The average molecular weight is 418 g/mol. The van der Waals surface area contributed by atoms with Crippen LogP contribution in [-0.2, 0) is 6.54 Å². The Balaban J connectivity index is 1.63. The number of rotatable bonds is 5. The van der Waals surface area contributed by atoms with Gasteiger partial charge in [-0.15, -0.1) is 0 Å². The molecule has 0 aliphatic rings. The maximum Gasteiger partial charge on any atom is 0.371 e. The number of carbonyl (C=O) groups is 1. The van der Waals surface area contributed by atoms with Crippen LogP contribution < -0.4 is 15.0 Å². The molecule has 0 spiro atoms. The second-order valence-corrected chi connectivity index (χ2v) is 7.32. The minimum Gasteiger partial charge on any atom is -0.491 e. The summed E-state index contributed by atoms with van der Waals surface area (Å²) in [5, 5.41) is 9.69. The van der Waals surface area contributed by atoms with Crippen molar-refractivity contribution >= 4 is 50.1 Å². The number of aromatic nitrogens is 1. The van der Waals surface area contributed by atoms with Crippen LogP contribution in [0.25, 0.3) is 21.2 Å².